The minimum Gasteiger partial charge on any atom is -0.340 e. The molecule has 2 rings (SSSR count). The van der Waals surface area contributed by atoms with Gasteiger partial charge < -0.3 is 10.2 Å². The number of carbonyl (C=O) groups is 2. The smallest absolute Gasteiger partial charge is 0.249 e. The molecule has 0 saturated carbocycles. The van der Waals surface area contributed by atoms with Gasteiger partial charge in [-0.05, 0) is 27.2 Å². The van der Waals surface area contributed by atoms with E-state index in [9.17, 15) is 9.59 Å². The average molecular weight is 279 g/mol. The van der Waals surface area contributed by atoms with Gasteiger partial charge in [0.25, 0.3) is 0 Å². The summed E-state index contributed by atoms with van der Waals surface area (Å²) in [6, 6.07) is 0. The van der Waals surface area contributed by atoms with Crippen molar-refractivity contribution in [2.24, 2.45) is 7.05 Å². The van der Waals surface area contributed by atoms with Gasteiger partial charge in [-0.2, -0.15) is 0 Å². The minimum absolute atomic E-state index is 0.0877. The predicted molar refractivity (Wildman–Crippen MR) is 72.5 cm³/mol. The maximum Gasteiger partial charge on any atom is 0.249 e. The third-order valence-electron chi connectivity index (χ3n) is 4.01. The van der Waals surface area contributed by atoms with E-state index in [-0.39, 0.29) is 18.4 Å². The van der Waals surface area contributed by atoms with Crippen LogP contribution in [0, 0.1) is 0 Å². The summed E-state index contributed by atoms with van der Waals surface area (Å²) in [4.78, 5) is 26.6. The quantitative estimate of drug-likeness (QED) is 0.858. The fourth-order valence-corrected chi connectivity index (χ4v) is 2.27. The summed E-state index contributed by atoms with van der Waals surface area (Å²) in [5.74, 6) is -0.236. The predicted octanol–water partition coefficient (Wildman–Crippen LogP) is 0.221. The van der Waals surface area contributed by atoms with E-state index < -0.39 is 11.1 Å². The molecule has 1 saturated heterocycles. The molecule has 1 aliphatic heterocycles. The van der Waals surface area contributed by atoms with Crippen LogP contribution in [0.2, 0.25) is 0 Å². The van der Waals surface area contributed by atoms with Gasteiger partial charge in [-0.25, -0.2) is 0 Å². The summed E-state index contributed by atoms with van der Waals surface area (Å²) in [6.07, 6.45) is 2.30. The Hall–Kier alpha value is -1.92. The van der Waals surface area contributed by atoms with Crippen LogP contribution in [-0.2, 0) is 23.2 Å². The molecule has 0 aromatic carbocycles. The zero-order valence-corrected chi connectivity index (χ0v) is 12.6. The van der Waals surface area contributed by atoms with Crippen molar-refractivity contribution in [3.63, 3.8) is 0 Å². The van der Waals surface area contributed by atoms with E-state index in [1.807, 2.05) is 6.92 Å². The van der Waals surface area contributed by atoms with E-state index >= 15 is 0 Å². The standard InChI is InChI=1S/C13H21N5O2/c1-6-13(4)11(20)18(12(2,3)10(19)14-13)8-9-7-17(5)16-15-9/h7H,6,8H2,1-5H3,(H,14,19). The maximum absolute atomic E-state index is 12.7. The summed E-state index contributed by atoms with van der Waals surface area (Å²) < 4.78 is 1.58. The summed E-state index contributed by atoms with van der Waals surface area (Å²) in [5.41, 5.74) is -1.08. The second kappa shape index (κ2) is 4.57. The summed E-state index contributed by atoms with van der Waals surface area (Å²) in [5, 5.41) is 10.7. The minimum atomic E-state index is -0.900. The molecule has 1 N–H and O–H groups in total. The Labute approximate surface area is 118 Å². The molecule has 2 amide bonds. The monoisotopic (exact) mass is 279 g/mol. The first-order chi connectivity index (χ1) is 9.20. The molecule has 7 nitrogen and oxygen atoms in total. The van der Waals surface area contributed by atoms with Crippen LogP contribution >= 0.6 is 0 Å². The lowest BCUT2D eigenvalue weighted by Crippen LogP contribution is -2.72. The first-order valence-corrected chi connectivity index (χ1v) is 6.70. The van der Waals surface area contributed by atoms with Crippen LogP contribution in [0.4, 0.5) is 0 Å². The van der Waals surface area contributed by atoms with Gasteiger partial charge in [0, 0.05) is 13.2 Å². The van der Waals surface area contributed by atoms with E-state index in [0.29, 0.717) is 12.1 Å². The number of aryl methyl sites for hydroxylation is 1. The van der Waals surface area contributed by atoms with Crippen LogP contribution in [-0.4, -0.2) is 42.8 Å². The van der Waals surface area contributed by atoms with Crippen molar-refractivity contribution in [3.05, 3.63) is 11.9 Å². The van der Waals surface area contributed by atoms with E-state index in [4.69, 9.17) is 0 Å². The Morgan fingerprint density at radius 1 is 1.30 bits per heavy atom. The van der Waals surface area contributed by atoms with Crippen LogP contribution in [0.5, 0.6) is 0 Å². The molecule has 110 valence electrons. The van der Waals surface area contributed by atoms with Gasteiger partial charge >= 0.3 is 0 Å². The lowest BCUT2D eigenvalue weighted by Gasteiger charge is -2.48. The van der Waals surface area contributed by atoms with Gasteiger partial charge in [0.1, 0.15) is 16.8 Å². The van der Waals surface area contributed by atoms with Gasteiger partial charge in [0.15, 0.2) is 0 Å². The van der Waals surface area contributed by atoms with E-state index in [2.05, 4.69) is 15.6 Å². The van der Waals surface area contributed by atoms with Crippen molar-refractivity contribution in [2.45, 2.75) is 51.7 Å². The van der Waals surface area contributed by atoms with E-state index in [1.165, 1.54) is 0 Å². The van der Waals surface area contributed by atoms with Gasteiger partial charge in [-0.15, -0.1) is 5.10 Å². The number of amides is 2. The van der Waals surface area contributed by atoms with Crippen LogP contribution < -0.4 is 5.32 Å². The van der Waals surface area contributed by atoms with Crippen molar-refractivity contribution >= 4 is 11.8 Å². The van der Waals surface area contributed by atoms with E-state index in [1.54, 1.807) is 43.6 Å². The second-order valence-corrected chi connectivity index (χ2v) is 5.97. The molecule has 7 heteroatoms. The molecule has 0 bridgehead atoms. The first kappa shape index (κ1) is 14.5. The topological polar surface area (TPSA) is 80.1 Å². The fourth-order valence-electron chi connectivity index (χ4n) is 2.27. The van der Waals surface area contributed by atoms with Gasteiger partial charge in [-0.3, -0.25) is 14.3 Å². The number of hydrogen-bond acceptors (Lipinski definition) is 4. The van der Waals surface area contributed by atoms with Gasteiger partial charge in [-0.1, -0.05) is 12.1 Å². The Kier molecular flexibility index (Phi) is 3.31. The van der Waals surface area contributed by atoms with Crippen LogP contribution in [0.3, 0.4) is 0 Å². The third-order valence-corrected chi connectivity index (χ3v) is 4.01. The average Bonchev–Trinajstić information content (AvgIpc) is 2.78. The lowest BCUT2D eigenvalue weighted by molar-refractivity contribution is -0.161. The van der Waals surface area contributed by atoms with Crippen molar-refractivity contribution < 1.29 is 9.59 Å². The highest BCUT2D eigenvalue weighted by molar-refractivity contribution is 6.01. The number of nitrogens with one attached hydrogen (secondary N) is 1. The highest BCUT2D eigenvalue weighted by Gasteiger charge is 2.51. The second-order valence-electron chi connectivity index (χ2n) is 5.97. The molecule has 1 aromatic rings. The molecule has 0 radical (unpaired) electrons. The molecule has 1 unspecified atom stereocenters. The van der Waals surface area contributed by atoms with Crippen LogP contribution in [0.15, 0.2) is 6.20 Å². The zero-order chi connectivity index (χ0) is 15.1. The molecule has 0 aliphatic carbocycles. The number of piperazine rings is 1. The fraction of sp³-hybridized carbons (Fsp3) is 0.692. The molecule has 1 aliphatic rings. The van der Waals surface area contributed by atoms with Crippen LogP contribution in [0.1, 0.15) is 39.8 Å². The first-order valence-electron chi connectivity index (χ1n) is 6.70. The van der Waals surface area contributed by atoms with Gasteiger partial charge in [0.05, 0.1) is 6.54 Å². The third kappa shape index (κ3) is 2.17. The van der Waals surface area contributed by atoms with Crippen molar-refractivity contribution in [1.82, 2.24) is 25.2 Å². The molecular formula is C13H21N5O2. The summed E-state index contributed by atoms with van der Waals surface area (Å²) in [7, 11) is 1.77. The summed E-state index contributed by atoms with van der Waals surface area (Å²) >= 11 is 0. The number of aromatic nitrogens is 3. The molecule has 1 atom stereocenters. The molecule has 1 fully saturated rings. The molecular weight excluding hydrogens is 258 g/mol. The molecule has 20 heavy (non-hydrogen) atoms. The molecule has 1 aromatic heterocycles. The SMILES string of the molecule is CCC1(C)NC(=O)C(C)(C)N(Cc2cn(C)nn2)C1=O. The highest BCUT2D eigenvalue weighted by Crippen LogP contribution is 2.29. The number of carbonyl (C=O) groups excluding carboxylic acids is 2. The van der Waals surface area contributed by atoms with E-state index in [0.717, 1.165) is 0 Å². The summed E-state index contributed by atoms with van der Waals surface area (Å²) in [6.45, 7) is 7.41. The Bertz CT molecular complexity index is 551. The Morgan fingerprint density at radius 3 is 2.45 bits per heavy atom. The number of rotatable bonds is 3. The highest BCUT2D eigenvalue weighted by atomic mass is 16.2. The molecule has 0 spiro atoms. The maximum atomic E-state index is 12.7. The van der Waals surface area contributed by atoms with Gasteiger partial charge in [0.2, 0.25) is 11.8 Å². The normalized spacial score (nSPS) is 25.8. The Morgan fingerprint density at radius 2 is 1.95 bits per heavy atom. The van der Waals surface area contributed by atoms with Crippen molar-refractivity contribution in [2.75, 3.05) is 0 Å². The lowest BCUT2D eigenvalue weighted by atomic mass is 9.86. The number of nitrogens with zero attached hydrogens (tertiary/aromatic N) is 4. The zero-order valence-electron chi connectivity index (χ0n) is 12.6. The number of hydrogen-bond donors (Lipinski definition) is 1. The Balaban J connectivity index is 2.35. The largest absolute Gasteiger partial charge is 0.340 e. The van der Waals surface area contributed by atoms with Crippen molar-refractivity contribution in [1.29, 1.82) is 0 Å². The molecule has 2 heterocycles. The van der Waals surface area contributed by atoms with Crippen molar-refractivity contribution in [3.8, 4) is 0 Å². The van der Waals surface area contributed by atoms with Crippen LogP contribution in [0.25, 0.3) is 0 Å².